The van der Waals surface area contributed by atoms with Gasteiger partial charge in [0.15, 0.2) is 0 Å². The minimum absolute atomic E-state index is 0.232. The summed E-state index contributed by atoms with van der Waals surface area (Å²) in [6, 6.07) is -3.19. The number of aliphatic carboxylic acids is 1. The van der Waals surface area contributed by atoms with Crippen molar-refractivity contribution in [3.8, 4) is 0 Å². The highest BCUT2D eigenvalue weighted by Crippen LogP contribution is 2.03. The van der Waals surface area contributed by atoms with Gasteiger partial charge in [-0.05, 0) is 51.2 Å². The van der Waals surface area contributed by atoms with Gasteiger partial charge in [-0.15, -0.1) is 0 Å². The van der Waals surface area contributed by atoms with E-state index >= 15 is 0 Å². The summed E-state index contributed by atoms with van der Waals surface area (Å²) in [7, 11) is 0. The molecule has 3 amide bonds. The van der Waals surface area contributed by atoms with E-state index in [1.807, 2.05) is 6.26 Å². The van der Waals surface area contributed by atoms with Crippen molar-refractivity contribution in [3.63, 3.8) is 0 Å². The lowest BCUT2D eigenvalue weighted by atomic mass is 10.1. The number of thioether (sulfide) groups is 1. The van der Waals surface area contributed by atoms with Crippen molar-refractivity contribution in [1.29, 1.82) is 0 Å². The summed E-state index contributed by atoms with van der Waals surface area (Å²) in [4.78, 5) is 47.6. The summed E-state index contributed by atoms with van der Waals surface area (Å²) in [6.07, 6.45) is 2.47. The number of carbonyl (C=O) groups excluding carboxylic acids is 3. The molecule has 0 spiro atoms. The standard InChI is InChI=1S/C17H33N5O6S/c1-10(23)14(19)16(26)22-11(6-8-29-2)15(25)20-9-13(24)21-12(17(27)28)5-3-4-7-18/h10-12,14,23H,3-9,18-19H2,1-2H3,(H,20,25)(H,21,24)(H,22,26)(H,27,28). The number of hydrogen-bond acceptors (Lipinski definition) is 8. The van der Waals surface area contributed by atoms with Crippen molar-refractivity contribution in [3.05, 3.63) is 0 Å². The highest BCUT2D eigenvalue weighted by molar-refractivity contribution is 7.98. The van der Waals surface area contributed by atoms with Crippen LogP contribution in [0.1, 0.15) is 32.6 Å². The Kier molecular flexibility index (Phi) is 14.0. The molecule has 29 heavy (non-hydrogen) atoms. The zero-order valence-electron chi connectivity index (χ0n) is 16.8. The summed E-state index contributed by atoms with van der Waals surface area (Å²) >= 11 is 1.47. The third-order valence-electron chi connectivity index (χ3n) is 4.07. The fraction of sp³-hybridized carbons (Fsp3) is 0.765. The fourth-order valence-electron chi connectivity index (χ4n) is 2.28. The molecule has 4 unspecified atom stereocenters. The quantitative estimate of drug-likeness (QED) is 0.139. The number of nitrogens with two attached hydrogens (primary N) is 2. The smallest absolute Gasteiger partial charge is 0.326 e. The Morgan fingerprint density at radius 2 is 1.69 bits per heavy atom. The van der Waals surface area contributed by atoms with Crippen molar-refractivity contribution < 1.29 is 29.4 Å². The number of carboxylic acids is 1. The third-order valence-corrected chi connectivity index (χ3v) is 4.71. The van der Waals surface area contributed by atoms with E-state index in [4.69, 9.17) is 16.6 Å². The van der Waals surface area contributed by atoms with Crippen LogP contribution in [0.15, 0.2) is 0 Å². The molecule has 0 aliphatic carbocycles. The maximum absolute atomic E-state index is 12.4. The summed E-state index contributed by atoms with van der Waals surface area (Å²) in [5, 5.41) is 25.8. The lowest BCUT2D eigenvalue weighted by molar-refractivity contribution is -0.142. The number of carbonyl (C=O) groups is 4. The summed E-state index contributed by atoms with van der Waals surface area (Å²) < 4.78 is 0. The number of nitrogens with one attached hydrogen (secondary N) is 3. The molecule has 0 saturated carbocycles. The molecule has 0 rings (SSSR count). The van der Waals surface area contributed by atoms with Crippen LogP contribution in [0.4, 0.5) is 0 Å². The molecular formula is C17H33N5O6S. The Morgan fingerprint density at radius 1 is 1.03 bits per heavy atom. The summed E-state index contributed by atoms with van der Waals surface area (Å²) in [5.41, 5.74) is 10.9. The number of amides is 3. The SMILES string of the molecule is CSCCC(NC(=O)C(N)C(C)O)C(=O)NCC(=O)NC(CCCCN)C(=O)O. The second-order valence-electron chi connectivity index (χ2n) is 6.57. The van der Waals surface area contributed by atoms with Gasteiger partial charge < -0.3 is 37.6 Å². The number of hydrogen-bond donors (Lipinski definition) is 7. The number of rotatable bonds is 15. The van der Waals surface area contributed by atoms with Crippen LogP contribution in [0.2, 0.25) is 0 Å². The van der Waals surface area contributed by atoms with Crippen molar-refractivity contribution in [2.24, 2.45) is 11.5 Å². The fourth-order valence-corrected chi connectivity index (χ4v) is 2.75. The van der Waals surface area contributed by atoms with E-state index in [0.29, 0.717) is 31.6 Å². The summed E-state index contributed by atoms with van der Waals surface area (Å²) in [6.45, 7) is 1.35. The van der Waals surface area contributed by atoms with E-state index in [1.54, 1.807) is 0 Å². The van der Waals surface area contributed by atoms with Crippen LogP contribution in [0.3, 0.4) is 0 Å². The molecule has 0 aromatic carbocycles. The van der Waals surface area contributed by atoms with E-state index in [-0.39, 0.29) is 6.42 Å². The molecule has 12 heteroatoms. The molecule has 0 radical (unpaired) electrons. The molecule has 0 aromatic rings. The average Bonchev–Trinajstić information content (AvgIpc) is 2.67. The molecule has 0 bridgehead atoms. The van der Waals surface area contributed by atoms with Gasteiger partial charge >= 0.3 is 5.97 Å². The van der Waals surface area contributed by atoms with E-state index < -0.39 is 54.5 Å². The Morgan fingerprint density at radius 3 is 2.21 bits per heavy atom. The first-order chi connectivity index (χ1) is 13.6. The molecule has 11 nitrogen and oxygen atoms in total. The van der Waals surface area contributed by atoms with Crippen LogP contribution < -0.4 is 27.4 Å². The maximum Gasteiger partial charge on any atom is 0.326 e. The first kappa shape index (κ1) is 27.1. The topological polar surface area (TPSA) is 197 Å². The van der Waals surface area contributed by atoms with Gasteiger partial charge in [0.1, 0.15) is 18.1 Å². The molecule has 0 heterocycles. The molecule has 0 aliphatic heterocycles. The predicted molar refractivity (Wildman–Crippen MR) is 110 cm³/mol. The molecule has 4 atom stereocenters. The second-order valence-corrected chi connectivity index (χ2v) is 7.56. The maximum atomic E-state index is 12.4. The van der Waals surface area contributed by atoms with Gasteiger partial charge in [-0.2, -0.15) is 11.8 Å². The van der Waals surface area contributed by atoms with Gasteiger partial charge in [0.05, 0.1) is 12.6 Å². The van der Waals surface area contributed by atoms with Crippen molar-refractivity contribution in [1.82, 2.24) is 16.0 Å². The largest absolute Gasteiger partial charge is 0.480 e. The lowest BCUT2D eigenvalue weighted by Crippen LogP contribution is -2.55. The van der Waals surface area contributed by atoms with Crippen LogP contribution >= 0.6 is 11.8 Å². The Hall–Kier alpha value is -1.89. The normalized spacial score (nSPS) is 14.9. The van der Waals surface area contributed by atoms with E-state index in [9.17, 15) is 24.3 Å². The molecule has 0 saturated heterocycles. The van der Waals surface area contributed by atoms with Crippen LogP contribution in [-0.4, -0.2) is 83.2 Å². The monoisotopic (exact) mass is 435 g/mol. The van der Waals surface area contributed by atoms with Gasteiger partial charge in [-0.25, -0.2) is 4.79 Å². The Bertz CT molecular complexity index is 548. The molecule has 168 valence electrons. The first-order valence-electron chi connectivity index (χ1n) is 9.36. The predicted octanol–water partition coefficient (Wildman–Crippen LogP) is -2.25. The zero-order valence-corrected chi connectivity index (χ0v) is 17.7. The average molecular weight is 436 g/mol. The minimum Gasteiger partial charge on any atom is -0.480 e. The van der Waals surface area contributed by atoms with E-state index in [0.717, 1.165) is 0 Å². The number of aliphatic hydroxyl groups excluding tert-OH is 1. The van der Waals surface area contributed by atoms with Crippen molar-refractivity contribution in [2.75, 3.05) is 25.1 Å². The molecule has 0 fully saturated rings. The first-order valence-corrected chi connectivity index (χ1v) is 10.8. The van der Waals surface area contributed by atoms with Gasteiger partial charge in [-0.3, -0.25) is 14.4 Å². The zero-order chi connectivity index (χ0) is 22.4. The van der Waals surface area contributed by atoms with E-state index in [1.165, 1.54) is 18.7 Å². The Balaban J connectivity index is 4.72. The molecule has 9 N–H and O–H groups in total. The van der Waals surface area contributed by atoms with Crippen LogP contribution in [0.25, 0.3) is 0 Å². The van der Waals surface area contributed by atoms with Gasteiger partial charge in [0, 0.05) is 0 Å². The third kappa shape index (κ3) is 11.6. The number of aliphatic hydroxyl groups is 1. The minimum atomic E-state index is -1.19. The molecular weight excluding hydrogens is 402 g/mol. The molecule has 0 aliphatic rings. The van der Waals surface area contributed by atoms with Gasteiger partial charge in [0.2, 0.25) is 17.7 Å². The summed E-state index contributed by atoms with van der Waals surface area (Å²) in [5.74, 6) is -2.54. The van der Waals surface area contributed by atoms with Crippen LogP contribution in [-0.2, 0) is 19.2 Å². The van der Waals surface area contributed by atoms with Gasteiger partial charge in [0.25, 0.3) is 0 Å². The van der Waals surface area contributed by atoms with Crippen LogP contribution in [0, 0.1) is 0 Å². The van der Waals surface area contributed by atoms with Crippen molar-refractivity contribution in [2.45, 2.75) is 56.8 Å². The number of carboxylic acid groups (broad SMARTS) is 1. The van der Waals surface area contributed by atoms with Crippen LogP contribution in [0.5, 0.6) is 0 Å². The highest BCUT2D eigenvalue weighted by Gasteiger charge is 2.26. The van der Waals surface area contributed by atoms with Gasteiger partial charge in [-0.1, -0.05) is 0 Å². The van der Waals surface area contributed by atoms with E-state index in [2.05, 4.69) is 16.0 Å². The van der Waals surface area contributed by atoms with Crippen molar-refractivity contribution >= 4 is 35.5 Å². The number of unbranched alkanes of at least 4 members (excludes halogenated alkanes) is 1. The lowest BCUT2D eigenvalue weighted by Gasteiger charge is -2.21. The molecule has 0 aromatic heterocycles. The second kappa shape index (κ2) is 15.0. The Labute approximate surface area is 174 Å². The highest BCUT2D eigenvalue weighted by atomic mass is 32.2.